The average Bonchev–Trinajstić information content (AvgIpc) is 3.06. The highest BCUT2D eigenvalue weighted by molar-refractivity contribution is 5.15. The van der Waals surface area contributed by atoms with Gasteiger partial charge in [-0.3, -0.25) is 9.36 Å². The molecule has 1 aliphatic carbocycles. The first-order valence-electron chi connectivity index (χ1n) is 7.93. The van der Waals surface area contributed by atoms with Crippen molar-refractivity contribution in [1.82, 2.24) is 19.6 Å². The van der Waals surface area contributed by atoms with Crippen molar-refractivity contribution in [2.45, 2.75) is 57.5 Å². The molecule has 1 atom stereocenters. The summed E-state index contributed by atoms with van der Waals surface area (Å²) in [5.74, 6) is 0. The minimum Gasteiger partial charge on any atom is -0.322 e. The van der Waals surface area contributed by atoms with E-state index in [4.69, 9.17) is 10.8 Å². The quantitative estimate of drug-likeness (QED) is 0.940. The number of aryl methyl sites for hydroxylation is 2. The molecule has 3 rings (SSSR count). The van der Waals surface area contributed by atoms with Crippen LogP contribution in [0.5, 0.6) is 0 Å². The maximum atomic E-state index is 6.32. The molecule has 0 bridgehead atoms. The van der Waals surface area contributed by atoms with Gasteiger partial charge in [0.05, 0.1) is 29.2 Å². The highest BCUT2D eigenvalue weighted by Gasteiger charge is 2.18. The fraction of sp³-hybridized carbons (Fsp3) is 0.625. The molecule has 1 fully saturated rings. The van der Waals surface area contributed by atoms with Crippen molar-refractivity contribution in [1.29, 1.82) is 0 Å². The molecule has 0 spiro atoms. The van der Waals surface area contributed by atoms with Crippen LogP contribution in [0.15, 0.2) is 18.3 Å². The highest BCUT2D eigenvalue weighted by atomic mass is 15.3. The maximum absolute atomic E-state index is 6.32. The minimum atomic E-state index is -0.0501. The van der Waals surface area contributed by atoms with Gasteiger partial charge in [-0.15, -0.1) is 0 Å². The largest absolute Gasteiger partial charge is 0.322 e. The fourth-order valence-corrected chi connectivity index (χ4v) is 3.34. The fourth-order valence-electron chi connectivity index (χ4n) is 3.34. The lowest BCUT2D eigenvalue weighted by atomic mass is 9.96. The van der Waals surface area contributed by atoms with Gasteiger partial charge in [-0.1, -0.05) is 19.3 Å². The van der Waals surface area contributed by atoms with Gasteiger partial charge >= 0.3 is 0 Å². The van der Waals surface area contributed by atoms with Crippen molar-refractivity contribution >= 4 is 0 Å². The van der Waals surface area contributed by atoms with Crippen molar-refractivity contribution < 1.29 is 0 Å². The highest BCUT2D eigenvalue weighted by Crippen LogP contribution is 2.27. The lowest BCUT2D eigenvalue weighted by Crippen LogP contribution is -2.18. The van der Waals surface area contributed by atoms with Crippen molar-refractivity contribution in [2.75, 3.05) is 0 Å². The van der Waals surface area contributed by atoms with Gasteiger partial charge in [0.25, 0.3) is 0 Å². The van der Waals surface area contributed by atoms with Crippen LogP contribution in [-0.2, 0) is 13.5 Å². The molecule has 2 heterocycles. The molecule has 5 heteroatoms. The van der Waals surface area contributed by atoms with Gasteiger partial charge in [-0.25, -0.2) is 0 Å². The van der Waals surface area contributed by atoms with Crippen molar-refractivity contribution in [2.24, 2.45) is 12.8 Å². The summed E-state index contributed by atoms with van der Waals surface area (Å²) < 4.78 is 4.02. The van der Waals surface area contributed by atoms with Crippen LogP contribution >= 0.6 is 0 Å². The molecule has 2 N–H and O–H groups in total. The summed E-state index contributed by atoms with van der Waals surface area (Å²) in [5, 5.41) is 9.11. The molecule has 0 aliphatic heterocycles. The average molecular weight is 287 g/mol. The first-order valence-corrected chi connectivity index (χ1v) is 7.93. The zero-order valence-electron chi connectivity index (χ0n) is 13.0. The van der Waals surface area contributed by atoms with Gasteiger partial charge in [-0.05, 0) is 31.9 Å². The predicted octanol–water partition coefficient (Wildman–Crippen LogP) is 2.67. The number of rotatable bonds is 4. The van der Waals surface area contributed by atoms with Crippen LogP contribution in [0.2, 0.25) is 0 Å². The first-order chi connectivity index (χ1) is 10.1. The molecule has 1 unspecified atom stereocenters. The Morgan fingerprint density at radius 3 is 2.71 bits per heavy atom. The Balaban J connectivity index is 1.67. The second-order valence-corrected chi connectivity index (χ2v) is 6.22. The molecule has 0 radical (unpaired) electrons. The number of nitrogens with two attached hydrogens (primary N) is 1. The van der Waals surface area contributed by atoms with Gasteiger partial charge < -0.3 is 5.73 Å². The van der Waals surface area contributed by atoms with Crippen LogP contribution < -0.4 is 5.73 Å². The first kappa shape index (κ1) is 14.3. The molecule has 2 aromatic rings. The Morgan fingerprint density at radius 2 is 2.05 bits per heavy atom. The van der Waals surface area contributed by atoms with Gasteiger partial charge in [0.2, 0.25) is 0 Å². The molecular weight excluding hydrogens is 262 g/mol. The zero-order valence-corrected chi connectivity index (χ0v) is 13.0. The SMILES string of the molecule is Cc1cc(C(N)Cc2ccn(C3CCCCC3)n2)n(C)n1. The smallest absolute Gasteiger partial charge is 0.0644 e. The minimum absolute atomic E-state index is 0.0501. The Morgan fingerprint density at radius 1 is 1.29 bits per heavy atom. The van der Waals surface area contributed by atoms with E-state index in [1.54, 1.807) is 0 Å². The molecule has 5 nitrogen and oxygen atoms in total. The van der Waals surface area contributed by atoms with Crippen LogP contribution in [0.4, 0.5) is 0 Å². The number of aromatic nitrogens is 4. The topological polar surface area (TPSA) is 61.7 Å². The molecule has 0 aromatic carbocycles. The Kier molecular flexibility index (Phi) is 4.10. The summed E-state index contributed by atoms with van der Waals surface area (Å²) in [7, 11) is 1.95. The standard InChI is InChI=1S/C16H25N5/c1-12-10-16(20(2)18-12)15(17)11-13-8-9-21(19-13)14-6-4-3-5-7-14/h8-10,14-15H,3-7,11,17H2,1-2H3. The monoisotopic (exact) mass is 287 g/mol. The van der Waals surface area contributed by atoms with E-state index in [1.165, 1.54) is 32.1 Å². The van der Waals surface area contributed by atoms with E-state index in [9.17, 15) is 0 Å². The van der Waals surface area contributed by atoms with Crippen molar-refractivity contribution in [3.8, 4) is 0 Å². The Labute approximate surface area is 126 Å². The summed E-state index contributed by atoms with van der Waals surface area (Å²) in [6.45, 7) is 1.99. The maximum Gasteiger partial charge on any atom is 0.0644 e. The van der Waals surface area contributed by atoms with E-state index >= 15 is 0 Å². The lowest BCUT2D eigenvalue weighted by molar-refractivity contribution is 0.327. The molecule has 1 aliphatic rings. The number of hydrogen-bond donors (Lipinski definition) is 1. The van der Waals surface area contributed by atoms with Gasteiger partial charge in [0.1, 0.15) is 0 Å². The summed E-state index contributed by atoms with van der Waals surface area (Å²) in [4.78, 5) is 0. The third kappa shape index (κ3) is 3.18. The van der Waals surface area contributed by atoms with E-state index in [0.717, 1.165) is 23.5 Å². The Bertz CT molecular complexity index is 592. The Hall–Kier alpha value is -1.62. The van der Waals surface area contributed by atoms with Crippen molar-refractivity contribution in [3.05, 3.63) is 35.4 Å². The summed E-state index contributed by atoms with van der Waals surface area (Å²) in [5.41, 5.74) is 9.47. The van der Waals surface area contributed by atoms with E-state index < -0.39 is 0 Å². The molecule has 1 saturated carbocycles. The molecule has 114 valence electrons. The normalized spacial score (nSPS) is 18.0. The van der Waals surface area contributed by atoms with Crippen LogP contribution in [0.1, 0.15) is 61.3 Å². The van der Waals surface area contributed by atoms with Crippen LogP contribution in [-0.4, -0.2) is 19.6 Å². The third-order valence-corrected chi connectivity index (χ3v) is 4.46. The van der Waals surface area contributed by atoms with Gasteiger partial charge in [0.15, 0.2) is 0 Å². The number of hydrogen-bond acceptors (Lipinski definition) is 3. The molecule has 0 amide bonds. The summed E-state index contributed by atoms with van der Waals surface area (Å²) in [6.07, 6.45) is 9.42. The van der Waals surface area contributed by atoms with E-state index in [1.807, 2.05) is 18.7 Å². The van der Waals surface area contributed by atoms with Crippen molar-refractivity contribution in [3.63, 3.8) is 0 Å². The van der Waals surface area contributed by atoms with Gasteiger partial charge in [0, 0.05) is 19.7 Å². The summed E-state index contributed by atoms with van der Waals surface area (Å²) in [6, 6.07) is 4.70. The van der Waals surface area contributed by atoms with Crippen LogP contribution in [0, 0.1) is 6.92 Å². The second-order valence-electron chi connectivity index (χ2n) is 6.22. The third-order valence-electron chi connectivity index (χ3n) is 4.46. The van der Waals surface area contributed by atoms with Gasteiger partial charge in [-0.2, -0.15) is 10.2 Å². The molecule has 0 saturated heterocycles. The predicted molar refractivity (Wildman–Crippen MR) is 82.9 cm³/mol. The lowest BCUT2D eigenvalue weighted by Gasteiger charge is -2.21. The van der Waals surface area contributed by atoms with E-state index in [-0.39, 0.29) is 6.04 Å². The number of nitrogens with zero attached hydrogens (tertiary/aromatic N) is 4. The summed E-state index contributed by atoms with van der Waals surface area (Å²) >= 11 is 0. The molecule has 21 heavy (non-hydrogen) atoms. The molecular formula is C16H25N5. The van der Waals surface area contributed by atoms with Crippen LogP contribution in [0.3, 0.4) is 0 Å². The van der Waals surface area contributed by atoms with E-state index in [2.05, 4.69) is 28.1 Å². The zero-order chi connectivity index (χ0) is 14.8. The second kappa shape index (κ2) is 6.02. The molecule has 2 aromatic heterocycles. The van der Waals surface area contributed by atoms with E-state index in [0.29, 0.717) is 6.04 Å². The van der Waals surface area contributed by atoms with Crippen LogP contribution in [0.25, 0.3) is 0 Å².